The summed E-state index contributed by atoms with van der Waals surface area (Å²) in [5, 5.41) is 36.5. The summed E-state index contributed by atoms with van der Waals surface area (Å²) < 4.78 is 4.79. The van der Waals surface area contributed by atoms with E-state index in [0.717, 1.165) is 0 Å². The monoisotopic (exact) mass is 178 g/mol. The second kappa shape index (κ2) is 3.68. The molecular formula is C7H14O5. The third-order valence-corrected chi connectivity index (χ3v) is 2.22. The van der Waals surface area contributed by atoms with Gasteiger partial charge in [-0.05, 0) is 6.92 Å². The van der Waals surface area contributed by atoms with E-state index < -0.39 is 30.5 Å². The molecule has 72 valence electrons. The van der Waals surface area contributed by atoms with E-state index in [0.29, 0.717) is 0 Å². The average molecular weight is 178 g/mol. The van der Waals surface area contributed by atoms with Gasteiger partial charge in [0.05, 0.1) is 18.8 Å². The molecule has 5 unspecified atom stereocenters. The predicted octanol–water partition coefficient (Wildman–Crippen LogP) is -1.95. The van der Waals surface area contributed by atoms with Crippen molar-refractivity contribution >= 4 is 0 Å². The van der Waals surface area contributed by atoms with Crippen molar-refractivity contribution < 1.29 is 25.2 Å². The zero-order valence-electron chi connectivity index (χ0n) is 6.79. The second-order valence-electron chi connectivity index (χ2n) is 3.06. The Morgan fingerprint density at radius 2 is 1.75 bits per heavy atom. The molecule has 1 rings (SSSR count). The predicted molar refractivity (Wildman–Crippen MR) is 39.1 cm³/mol. The Morgan fingerprint density at radius 1 is 1.17 bits per heavy atom. The molecule has 0 saturated carbocycles. The number of hydrogen-bond donors (Lipinski definition) is 4. The molecule has 1 heterocycles. The molecule has 12 heavy (non-hydrogen) atoms. The van der Waals surface area contributed by atoms with Crippen molar-refractivity contribution in [1.29, 1.82) is 0 Å². The standard InChI is InChI=1S/C7H14O5/c1-3-5(9)4(2-8)6(10)7(11)12-3/h3-11H,2H2,1H3. The number of aliphatic hydroxyl groups is 4. The second-order valence-corrected chi connectivity index (χ2v) is 3.06. The van der Waals surface area contributed by atoms with E-state index in [-0.39, 0.29) is 6.61 Å². The summed E-state index contributed by atoms with van der Waals surface area (Å²) in [5.41, 5.74) is 0. The van der Waals surface area contributed by atoms with E-state index in [1.54, 1.807) is 6.92 Å². The van der Waals surface area contributed by atoms with Crippen LogP contribution in [0.3, 0.4) is 0 Å². The van der Waals surface area contributed by atoms with Crippen LogP contribution in [0.2, 0.25) is 0 Å². The summed E-state index contributed by atoms with van der Waals surface area (Å²) in [5.74, 6) is -0.733. The first-order chi connectivity index (χ1) is 5.57. The molecule has 1 saturated heterocycles. The van der Waals surface area contributed by atoms with Crippen molar-refractivity contribution in [2.75, 3.05) is 6.61 Å². The highest BCUT2D eigenvalue weighted by atomic mass is 16.6. The molecule has 5 atom stereocenters. The van der Waals surface area contributed by atoms with Gasteiger partial charge in [-0.3, -0.25) is 0 Å². The van der Waals surface area contributed by atoms with Crippen LogP contribution in [0, 0.1) is 5.92 Å². The van der Waals surface area contributed by atoms with E-state index in [1.165, 1.54) is 0 Å². The summed E-state index contributed by atoms with van der Waals surface area (Å²) in [4.78, 5) is 0. The van der Waals surface area contributed by atoms with Crippen LogP contribution in [0.25, 0.3) is 0 Å². The van der Waals surface area contributed by atoms with Gasteiger partial charge in [-0.25, -0.2) is 0 Å². The fourth-order valence-corrected chi connectivity index (χ4v) is 1.36. The maximum absolute atomic E-state index is 9.37. The highest BCUT2D eigenvalue weighted by molar-refractivity contribution is 4.86. The maximum Gasteiger partial charge on any atom is 0.181 e. The van der Waals surface area contributed by atoms with E-state index in [4.69, 9.17) is 14.9 Å². The van der Waals surface area contributed by atoms with E-state index in [1.807, 2.05) is 0 Å². The van der Waals surface area contributed by atoms with Crippen molar-refractivity contribution in [2.24, 2.45) is 5.92 Å². The Balaban J connectivity index is 2.67. The van der Waals surface area contributed by atoms with Gasteiger partial charge in [-0.1, -0.05) is 0 Å². The third-order valence-electron chi connectivity index (χ3n) is 2.22. The van der Waals surface area contributed by atoms with E-state index in [9.17, 15) is 10.2 Å². The van der Waals surface area contributed by atoms with Gasteiger partial charge in [0.15, 0.2) is 6.29 Å². The number of hydrogen-bond acceptors (Lipinski definition) is 5. The van der Waals surface area contributed by atoms with Crippen LogP contribution in [0.1, 0.15) is 6.92 Å². The first-order valence-electron chi connectivity index (χ1n) is 3.88. The minimum Gasteiger partial charge on any atom is -0.396 e. The summed E-state index contributed by atoms with van der Waals surface area (Å²) in [6.07, 6.45) is -4.05. The Kier molecular flexibility index (Phi) is 3.03. The van der Waals surface area contributed by atoms with Gasteiger partial charge in [0.25, 0.3) is 0 Å². The number of rotatable bonds is 1. The molecule has 1 aliphatic heterocycles. The number of ether oxygens (including phenoxy) is 1. The molecule has 0 spiro atoms. The smallest absolute Gasteiger partial charge is 0.181 e. The topological polar surface area (TPSA) is 90.2 Å². The summed E-state index contributed by atoms with van der Waals surface area (Å²) in [6.45, 7) is 1.20. The Bertz CT molecular complexity index is 137. The lowest BCUT2D eigenvalue weighted by molar-refractivity contribution is -0.268. The van der Waals surface area contributed by atoms with Gasteiger partial charge < -0.3 is 25.2 Å². The largest absolute Gasteiger partial charge is 0.396 e. The quantitative estimate of drug-likeness (QED) is 0.375. The molecule has 0 amide bonds. The van der Waals surface area contributed by atoms with Crippen LogP contribution < -0.4 is 0 Å². The Hall–Kier alpha value is -0.200. The van der Waals surface area contributed by atoms with Crippen LogP contribution in [-0.4, -0.2) is 51.6 Å². The lowest BCUT2D eigenvalue weighted by atomic mass is 9.90. The molecule has 0 bridgehead atoms. The van der Waals surface area contributed by atoms with Gasteiger partial charge in [0.2, 0.25) is 0 Å². The lowest BCUT2D eigenvalue weighted by Gasteiger charge is -2.38. The highest BCUT2D eigenvalue weighted by Gasteiger charge is 2.41. The fraction of sp³-hybridized carbons (Fsp3) is 1.00. The molecule has 1 fully saturated rings. The van der Waals surface area contributed by atoms with Gasteiger partial charge in [-0.2, -0.15) is 0 Å². The lowest BCUT2D eigenvalue weighted by Crippen LogP contribution is -2.54. The number of aliphatic hydroxyl groups excluding tert-OH is 4. The van der Waals surface area contributed by atoms with Crippen molar-refractivity contribution in [3.05, 3.63) is 0 Å². The summed E-state index contributed by atoms with van der Waals surface area (Å²) >= 11 is 0. The molecule has 0 aromatic rings. The zero-order chi connectivity index (χ0) is 9.30. The van der Waals surface area contributed by atoms with Crippen LogP contribution >= 0.6 is 0 Å². The molecule has 0 aromatic heterocycles. The minimum atomic E-state index is -1.32. The van der Waals surface area contributed by atoms with Crippen LogP contribution in [-0.2, 0) is 4.74 Å². The highest BCUT2D eigenvalue weighted by Crippen LogP contribution is 2.24. The zero-order valence-corrected chi connectivity index (χ0v) is 6.79. The van der Waals surface area contributed by atoms with Crippen LogP contribution in [0.15, 0.2) is 0 Å². The molecule has 0 aromatic carbocycles. The molecule has 5 heteroatoms. The normalized spacial score (nSPS) is 49.2. The fourth-order valence-electron chi connectivity index (χ4n) is 1.36. The maximum atomic E-state index is 9.37. The molecule has 0 radical (unpaired) electrons. The van der Waals surface area contributed by atoms with E-state index in [2.05, 4.69) is 0 Å². The first-order valence-corrected chi connectivity index (χ1v) is 3.88. The SMILES string of the molecule is CC1OC(O)C(O)C(CO)C1O. The molecule has 0 aliphatic carbocycles. The third kappa shape index (κ3) is 1.60. The summed E-state index contributed by atoms with van der Waals surface area (Å²) in [6, 6.07) is 0. The minimum absolute atomic E-state index is 0.368. The van der Waals surface area contributed by atoms with Crippen LogP contribution in [0.4, 0.5) is 0 Å². The molecular weight excluding hydrogens is 164 g/mol. The van der Waals surface area contributed by atoms with Crippen molar-refractivity contribution in [2.45, 2.75) is 31.5 Å². The van der Waals surface area contributed by atoms with Gasteiger partial charge in [-0.15, -0.1) is 0 Å². The van der Waals surface area contributed by atoms with Crippen molar-refractivity contribution in [1.82, 2.24) is 0 Å². The van der Waals surface area contributed by atoms with Crippen molar-refractivity contribution in [3.8, 4) is 0 Å². The average Bonchev–Trinajstić information content (AvgIpc) is 2.02. The van der Waals surface area contributed by atoms with Crippen LogP contribution in [0.5, 0.6) is 0 Å². The van der Waals surface area contributed by atoms with Gasteiger partial charge >= 0.3 is 0 Å². The van der Waals surface area contributed by atoms with Gasteiger partial charge in [0.1, 0.15) is 6.10 Å². The van der Waals surface area contributed by atoms with E-state index >= 15 is 0 Å². The van der Waals surface area contributed by atoms with Crippen molar-refractivity contribution in [3.63, 3.8) is 0 Å². The van der Waals surface area contributed by atoms with Gasteiger partial charge in [0, 0.05) is 5.92 Å². The molecule has 4 N–H and O–H groups in total. The summed E-state index contributed by atoms with van der Waals surface area (Å²) in [7, 11) is 0. The molecule has 1 aliphatic rings. The Labute approximate surface area is 70.2 Å². The first kappa shape index (κ1) is 9.88. The Morgan fingerprint density at radius 3 is 2.25 bits per heavy atom. The molecule has 5 nitrogen and oxygen atoms in total.